The second-order valence-electron chi connectivity index (χ2n) is 7.45. The number of morpholine rings is 1. The topological polar surface area (TPSA) is 114 Å². The summed E-state index contributed by atoms with van der Waals surface area (Å²) in [6, 6.07) is 5.18. The van der Waals surface area contributed by atoms with Crippen molar-refractivity contribution in [1.82, 2.24) is 20.4 Å². The largest absolute Gasteiger partial charge is 0.426 e. The van der Waals surface area contributed by atoms with Gasteiger partial charge in [-0.05, 0) is 30.8 Å². The van der Waals surface area contributed by atoms with Crippen LogP contribution in [0, 0.1) is 10.8 Å². The minimum Gasteiger partial charge on any atom is -0.426 e. The lowest BCUT2D eigenvalue weighted by Crippen LogP contribution is -2.49. The van der Waals surface area contributed by atoms with Crippen LogP contribution < -0.4 is 10.6 Å². The highest BCUT2D eigenvalue weighted by molar-refractivity contribution is 6.42. The Morgan fingerprint density at radius 1 is 1.22 bits per heavy atom. The third-order valence-electron chi connectivity index (χ3n) is 5.02. The Morgan fingerprint density at radius 2 is 1.97 bits per heavy atom. The number of rotatable bonds is 10. The monoisotopic (exact) mass is 486 g/mol. The van der Waals surface area contributed by atoms with Crippen LogP contribution in [0.1, 0.15) is 19.4 Å². The molecule has 11 heteroatoms. The van der Waals surface area contributed by atoms with Gasteiger partial charge in [0.2, 0.25) is 11.8 Å². The maximum atomic E-state index is 12.1. The number of hydrogen-bond donors (Lipinski definition) is 4. The SMILES string of the molecule is CCN(CC)CC(=N)OC(=N)CNC(=O)NC[C@H]1CN(Cc2ccc(Cl)c(Cl)c2)CCO1. The Kier molecular flexibility index (Phi) is 11.2. The Hall–Kier alpha value is -1.91. The summed E-state index contributed by atoms with van der Waals surface area (Å²) in [6.07, 6.45) is -0.143. The van der Waals surface area contributed by atoms with E-state index in [-0.39, 0.29) is 24.4 Å². The van der Waals surface area contributed by atoms with Gasteiger partial charge in [0.15, 0.2) is 0 Å². The van der Waals surface area contributed by atoms with Crippen LogP contribution >= 0.6 is 23.2 Å². The number of halogens is 2. The molecule has 0 unspecified atom stereocenters. The molecule has 1 aliphatic heterocycles. The van der Waals surface area contributed by atoms with Gasteiger partial charge in [-0.2, -0.15) is 0 Å². The molecular formula is C21H32Cl2N6O3. The zero-order valence-corrected chi connectivity index (χ0v) is 20.1. The molecule has 0 aliphatic carbocycles. The highest BCUT2D eigenvalue weighted by atomic mass is 35.5. The van der Waals surface area contributed by atoms with Crippen LogP contribution in [-0.2, 0) is 16.0 Å². The lowest BCUT2D eigenvalue weighted by molar-refractivity contribution is -0.0286. The van der Waals surface area contributed by atoms with Gasteiger partial charge >= 0.3 is 6.03 Å². The van der Waals surface area contributed by atoms with Gasteiger partial charge < -0.3 is 20.1 Å². The summed E-state index contributed by atoms with van der Waals surface area (Å²) in [4.78, 5) is 16.3. The summed E-state index contributed by atoms with van der Waals surface area (Å²) < 4.78 is 10.9. The van der Waals surface area contributed by atoms with Crippen molar-refractivity contribution in [2.45, 2.75) is 26.5 Å². The Labute approximate surface area is 199 Å². The van der Waals surface area contributed by atoms with Crippen molar-refractivity contribution in [3.8, 4) is 0 Å². The highest BCUT2D eigenvalue weighted by Crippen LogP contribution is 2.23. The first-order valence-corrected chi connectivity index (χ1v) is 11.4. The van der Waals surface area contributed by atoms with Crippen LogP contribution in [-0.4, -0.2) is 86.2 Å². The molecule has 2 amide bonds. The van der Waals surface area contributed by atoms with Crippen LogP contribution in [0.25, 0.3) is 0 Å². The van der Waals surface area contributed by atoms with Gasteiger partial charge in [0.1, 0.15) is 0 Å². The van der Waals surface area contributed by atoms with Crippen LogP contribution in [0.4, 0.5) is 4.79 Å². The zero-order valence-electron chi connectivity index (χ0n) is 18.5. The van der Waals surface area contributed by atoms with E-state index in [1.807, 2.05) is 30.9 Å². The number of amides is 2. The van der Waals surface area contributed by atoms with Gasteiger partial charge in [-0.25, -0.2) is 4.79 Å². The third kappa shape index (κ3) is 9.30. The van der Waals surface area contributed by atoms with E-state index >= 15 is 0 Å². The Balaban J connectivity index is 1.67. The molecule has 1 aromatic carbocycles. The van der Waals surface area contributed by atoms with Crippen molar-refractivity contribution < 1.29 is 14.3 Å². The van der Waals surface area contributed by atoms with Crippen LogP contribution in [0.15, 0.2) is 18.2 Å². The molecule has 1 aromatic rings. The summed E-state index contributed by atoms with van der Waals surface area (Å²) >= 11 is 12.1. The van der Waals surface area contributed by atoms with Gasteiger partial charge in [-0.15, -0.1) is 0 Å². The molecule has 2 rings (SSSR count). The molecule has 1 saturated heterocycles. The van der Waals surface area contributed by atoms with Gasteiger partial charge in [0.05, 0.1) is 35.8 Å². The number of likely N-dealkylation sites (N-methyl/N-ethyl adjacent to an activating group) is 1. The van der Waals surface area contributed by atoms with E-state index in [0.29, 0.717) is 36.3 Å². The molecule has 178 valence electrons. The molecule has 0 radical (unpaired) electrons. The first-order valence-electron chi connectivity index (χ1n) is 10.6. The molecule has 32 heavy (non-hydrogen) atoms. The smallest absolute Gasteiger partial charge is 0.315 e. The predicted molar refractivity (Wildman–Crippen MR) is 127 cm³/mol. The van der Waals surface area contributed by atoms with Gasteiger partial charge in [0, 0.05) is 26.2 Å². The van der Waals surface area contributed by atoms with Crippen molar-refractivity contribution in [2.24, 2.45) is 0 Å². The van der Waals surface area contributed by atoms with Gasteiger partial charge in [0.25, 0.3) is 0 Å². The second kappa shape index (κ2) is 13.6. The van der Waals surface area contributed by atoms with Crippen LogP contribution in [0.5, 0.6) is 0 Å². The quantitative estimate of drug-likeness (QED) is 0.300. The van der Waals surface area contributed by atoms with E-state index in [9.17, 15) is 4.79 Å². The number of nitrogens with zero attached hydrogens (tertiary/aromatic N) is 2. The maximum absolute atomic E-state index is 12.1. The number of nitrogens with one attached hydrogen (secondary N) is 4. The minimum atomic E-state index is -0.418. The summed E-state index contributed by atoms with van der Waals surface area (Å²) in [5.41, 5.74) is 1.07. The number of urea groups is 1. The lowest BCUT2D eigenvalue weighted by atomic mass is 10.2. The molecule has 1 atom stereocenters. The van der Waals surface area contributed by atoms with Crippen molar-refractivity contribution in [3.63, 3.8) is 0 Å². The first kappa shape index (κ1) is 26.3. The molecule has 1 fully saturated rings. The van der Waals surface area contributed by atoms with Crippen LogP contribution in [0.3, 0.4) is 0 Å². The third-order valence-corrected chi connectivity index (χ3v) is 5.76. The van der Waals surface area contributed by atoms with E-state index in [0.717, 1.165) is 31.7 Å². The van der Waals surface area contributed by atoms with E-state index in [1.54, 1.807) is 6.07 Å². The molecule has 0 saturated carbocycles. The van der Waals surface area contributed by atoms with Gasteiger partial charge in [-0.1, -0.05) is 43.1 Å². The standard InChI is InChI=1S/C21H32Cl2N6O3/c1-3-28(4-2)14-20(25)32-19(24)11-27-21(30)26-10-16-13-29(7-8-31-16)12-15-5-6-17(22)18(23)9-15/h5-6,9,16,24-25H,3-4,7-8,10-14H2,1-2H3,(H2,26,27,30)/t16-/m0/s1. The highest BCUT2D eigenvalue weighted by Gasteiger charge is 2.21. The van der Waals surface area contributed by atoms with E-state index < -0.39 is 6.03 Å². The van der Waals surface area contributed by atoms with Crippen LogP contribution in [0.2, 0.25) is 10.0 Å². The fourth-order valence-corrected chi connectivity index (χ4v) is 3.56. The normalized spacial score (nSPS) is 16.6. The molecule has 1 heterocycles. The van der Waals surface area contributed by atoms with E-state index in [1.165, 1.54) is 0 Å². The fourth-order valence-electron chi connectivity index (χ4n) is 3.24. The van der Waals surface area contributed by atoms with Crippen molar-refractivity contribution in [3.05, 3.63) is 33.8 Å². The fraction of sp³-hybridized carbons (Fsp3) is 0.571. The van der Waals surface area contributed by atoms with Crippen molar-refractivity contribution in [1.29, 1.82) is 10.8 Å². The molecule has 4 N–H and O–H groups in total. The predicted octanol–water partition coefficient (Wildman–Crippen LogP) is 2.81. The Morgan fingerprint density at radius 3 is 2.66 bits per heavy atom. The van der Waals surface area contributed by atoms with Gasteiger partial charge in [-0.3, -0.25) is 20.6 Å². The number of ether oxygens (including phenoxy) is 2. The molecule has 0 aromatic heterocycles. The number of benzene rings is 1. The average molecular weight is 487 g/mol. The number of hydrogen-bond acceptors (Lipinski definition) is 7. The summed E-state index contributed by atoms with van der Waals surface area (Å²) in [6.45, 7) is 8.91. The number of carbonyl (C=O) groups is 1. The van der Waals surface area contributed by atoms with E-state index in [4.69, 9.17) is 43.5 Å². The molecule has 1 aliphatic rings. The second-order valence-corrected chi connectivity index (χ2v) is 8.26. The average Bonchev–Trinajstić information content (AvgIpc) is 2.77. The summed E-state index contributed by atoms with van der Waals surface area (Å²) in [7, 11) is 0. The maximum Gasteiger partial charge on any atom is 0.315 e. The van der Waals surface area contributed by atoms with E-state index in [2.05, 4.69) is 15.5 Å². The Bertz CT molecular complexity index is 791. The minimum absolute atomic E-state index is 0.0152. The summed E-state index contributed by atoms with van der Waals surface area (Å²) in [5, 5.41) is 22.0. The first-order chi connectivity index (χ1) is 15.3. The lowest BCUT2D eigenvalue weighted by Gasteiger charge is -2.33. The zero-order chi connectivity index (χ0) is 23.5. The van der Waals surface area contributed by atoms with Crippen molar-refractivity contribution >= 4 is 41.0 Å². The molecular weight excluding hydrogens is 455 g/mol. The summed E-state index contributed by atoms with van der Waals surface area (Å²) in [5.74, 6) is -0.197. The molecule has 0 bridgehead atoms. The molecule has 0 spiro atoms. The van der Waals surface area contributed by atoms with Crippen molar-refractivity contribution in [2.75, 3.05) is 52.4 Å². The number of carbonyl (C=O) groups excluding carboxylic acids is 1. The molecule has 9 nitrogen and oxygen atoms in total.